The Balaban J connectivity index is 1.76. The van der Waals surface area contributed by atoms with Gasteiger partial charge in [-0.1, -0.05) is 0 Å². The third-order valence-corrected chi connectivity index (χ3v) is 3.83. The molecule has 0 bridgehead atoms. The number of nitrogens with one attached hydrogen (secondary N) is 1. The summed E-state index contributed by atoms with van der Waals surface area (Å²) in [5, 5.41) is 6.91. The molecular weight excluding hydrogens is 234 g/mol. The molecule has 0 radical (unpaired) electrons. The van der Waals surface area contributed by atoms with Crippen LogP contribution in [0.15, 0.2) is 16.8 Å². The van der Waals surface area contributed by atoms with Crippen molar-refractivity contribution in [1.82, 2.24) is 10.2 Å². The summed E-state index contributed by atoms with van der Waals surface area (Å²) < 4.78 is 0. The molecule has 1 aromatic heterocycles. The van der Waals surface area contributed by atoms with Crippen LogP contribution >= 0.6 is 11.3 Å². The van der Waals surface area contributed by atoms with Crippen LogP contribution in [0.2, 0.25) is 0 Å². The maximum Gasteiger partial charge on any atom is 0.252 e. The molecule has 0 spiro atoms. The summed E-state index contributed by atoms with van der Waals surface area (Å²) in [5.74, 6) is 0.0588. The van der Waals surface area contributed by atoms with E-state index in [4.69, 9.17) is 5.73 Å². The van der Waals surface area contributed by atoms with Crippen LogP contribution in [0.25, 0.3) is 0 Å². The second-order valence-electron chi connectivity index (χ2n) is 4.39. The molecule has 17 heavy (non-hydrogen) atoms. The lowest BCUT2D eigenvalue weighted by Crippen LogP contribution is -2.45. The first-order chi connectivity index (χ1) is 8.29. The molecule has 94 valence electrons. The van der Waals surface area contributed by atoms with Crippen molar-refractivity contribution in [3.05, 3.63) is 22.4 Å². The van der Waals surface area contributed by atoms with Gasteiger partial charge in [0.2, 0.25) is 0 Å². The molecule has 0 aliphatic carbocycles. The van der Waals surface area contributed by atoms with Gasteiger partial charge in [0.25, 0.3) is 5.91 Å². The van der Waals surface area contributed by atoms with E-state index in [1.165, 1.54) is 0 Å². The molecule has 5 heteroatoms. The highest BCUT2D eigenvalue weighted by molar-refractivity contribution is 7.08. The zero-order chi connectivity index (χ0) is 12.1. The lowest BCUT2D eigenvalue weighted by Gasteiger charge is -2.31. The van der Waals surface area contributed by atoms with Crippen molar-refractivity contribution in [2.45, 2.75) is 18.9 Å². The number of carbonyl (C=O) groups excluding carboxylic acids is 1. The van der Waals surface area contributed by atoms with E-state index < -0.39 is 0 Å². The summed E-state index contributed by atoms with van der Waals surface area (Å²) in [6, 6.07) is 2.18. The molecule has 1 amide bonds. The van der Waals surface area contributed by atoms with Crippen molar-refractivity contribution in [2.75, 3.05) is 26.2 Å². The molecule has 3 N–H and O–H groups in total. The topological polar surface area (TPSA) is 58.4 Å². The average molecular weight is 253 g/mol. The van der Waals surface area contributed by atoms with Crippen LogP contribution < -0.4 is 11.1 Å². The quantitative estimate of drug-likeness (QED) is 0.838. The average Bonchev–Trinajstić information content (AvgIpc) is 2.86. The van der Waals surface area contributed by atoms with Crippen LogP contribution in [0.4, 0.5) is 0 Å². The van der Waals surface area contributed by atoms with Gasteiger partial charge in [0.05, 0.1) is 0 Å². The molecule has 1 aliphatic rings. The number of piperidine rings is 1. The molecule has 2 rings (SSSR count). The summed E-state index contributed by atoms with van der Waals surface area (Å²) in [7, 11) is 0. The zero-order valence-electron chi connectivity index (χ0n) is 9.89. The first kappa shape index (κ1) is 12.5. The molecule has 2 heterocycles. The lowest BCUT2D eigenvalue weighted by atomic mass is 10.0. The molecule has 0 unspecified atom stereocenters. The molecule has 1 aromatic rings. The predicted molar refractivity (Wildman–Crippen MR) is 70.3 cm³/mol. The molecule has 0 saturated carbocycles. The second kappa shape index (κ2) is 6.14. The van der Waals surface area contributed by atoms with Crippen molar-refractivity contribution < 1.29 is 4.79 Å². The highest BCUT2D eigenvalue weighted by Gasteiger charge is 2.20. The molecule has 1 saturated heterocycles. The smallest absolute Gasteiger partial charge is 0.252 e. The Labute approximate surface area is 106 Å². The summed E-state index contributed by atoms with van der Waals surface area (Å²) in [4.78, 5) is 14.2. The first-order valence-corrected chi connectivity index (χ1v) is 6.99. The van der Waals surface area contributed by atoms with E-state index in [1.54, 1.807) is 11.3 Å². The predicted octanol–water partition coefficient (Wildman–Crippen LogP) is 0.901. The van der Waals surface area contributed by atoms with E-state index in [-0.39, 0.29) is 5.91 Å². The fourth-order valence-electron chi connectivity index (χ4n) is 2.15. The Kier molecular flexibility index (Phi) is 4.53. The fraction of sp³-hybridized carbons (Fsp3) is 0.583. The van der Waals surface area contributed by atoms with E-state index in [9.17, 15) is 4.79 Å². The number of amides is 1. The van der Waals surface area contributed by atoms with Crippen LogP contribution in [0.5, 0.6) is 0 Å². The number of nitrogens with two attached hydrogens (primary N) is 1. The monoisotopic (exact) mass is 253 g/mol. The number of nitrogens with zero attached hydrogens (tertiary/aromatic N) is 1. The maximum atomic E-state index is 11.8. The van der Waals surface area contributed by atoms with E-state index >= 15 is 0 Å². The number of hydrogen-bond acceptors (Lipinski definition) is 4. The minimum absolute atomic E-state index is 0.0588. The van der Waals surface area contributed by atoms with Crippen molar-refractivity contribution in [1.29, 1.82) is 0 Å². The Hall–Kier alpha value is -0.910. The Bertz CT molecular complexity index is 345. The molecule has 1 aliphatic heterocycles. The SMILES string of the molecule is NCCN1CCC(NC(=O)c2ccsc2)CC1. The summed E-state index contributed by atoms with van der Waals surface area (Å²) >= 11 is 1.55. The van der Waals surface area contributed by atoms with E-state index in [0.29, 0.717) is 12.6 Å². The van der Waals surface area contributed by atoms with Crippen molar-refractivity contribution in [3.63, 3.8) is 0 Å². The number of rotatable bonds is 4. The van der Waals surface area contributed by atoms with Crippen LogP contribution in [0.1, 0.15) is 23.2 Å². The number of hydrogen-bond donors (Lipinski definition) is 2. The van der Waals surface area contributed by atoms with Crippen molar-refractivity contribution in [3.8, 4) is 0 Å². The minimum Gasteiger partial charge on any atom is -0.349 e. The summed E-state index contributed by atoms with van der Waals surface area (Å²) in [6.45, 7) is 3.74. The van der Waals surface area contributed by atoms with Crippen LogP contribution in [-0.4, -0.2) is 43.0 Å². The van der Waals surface area contributed by atoms with Gasteiger partial charge in [-0.25, -0.2) is 0 Å². The van der Waals surface area contributed by atoms with Gasteiger partial charge < -0.3 is 16.0 Å². The van der Waals surface area contributed by atoms with Gasteiger partial charge in [-0.2, -0.15) is 11.3 Å². The van der Waals surface area contributed by atoms with Gasteiger partial charge in [0.1, 0.15) is 0 Å². The second-order valence-corrected chi connectivity index (χ2v) is 5.17. The number of thiophene rings is 1. The van der Waals surface area contributed by atoms with Gasteiger partial charge in [-0.3, -0.25) is 4.79 Å². The normalized spacial score (nSPS) is 18.2. The van der Waals surface area contributed by atoms with Crippen molar-refractivity contribution >= 4 is 17.2 Å². The molecular formula is C12H19N3OS. The fourth-order valence-corrected chi connectivity index (χ4v) is 2.78. The highest BCUT2D eigenvalue weighted by atomic mass is 32.1. The van der Waals surface area contributed by atoms with Crippen LogP contribution in [0.3, 0.4) is 0 Å². The Morgan fingerprint density at radius 3 is 2.88 bits per heavy atom. The van der Waals surface area contributed by atoms with Gasteiger partial charge in [0.15, 0.2) is 0 Å². The third kappa shape index (κ3) is 3.52. The Morgan fingerprint density at radius 2 is 2.29 bits per heavy atom. The standard InChI is InChI=1S/C12H19N3OS/c13-4-7-15-5-1-11(2-6-15)14-12(16)10-3-8-17-9-10/h3,8-9,11H,1-2,4-7,13H2,(H,14,16). The van der Waals surface area contributed by atoms with Gasteiger partial charge in [0, 0.05) is 43.2 Å². The highest BCUT2D eigenvalue weighted by Crippen LogP contribution is 2.12. The van der Waals surface area contributed by atoms with E-state index in [0.717, 1.165) is 38.0 Å². The minimum atomic E-state index is 0.0588. The van der Waals surface area contributed by atoms with Gasteiger partial charge in [-0.15, -0.1) is 0 Å². The van der Waals surface area contributed by atoms with E-state index in [2.05, 4.69) is 10.2 Å². The number of likely N-dealkylation sites (tertiary alicyclic amines) is 1. The zero-order valence-corrected chi connectivity index (χ0v) is 10.7. The maximum absolute atomic E-state index is 11.8. The molecule has 4 nitrogen and oxygen atoms in total. The molecule has 0 atom stereocenters. The molecule has 0 aromatic carbocycles. The number of carbonyl (C=O) groups is 1. The van der Waals surface area contributed by atoms with Crippen LogP contribution in [-0.2, 0) is 0 Å². The first-order valence-electron chi connectivity index (χ1n) is 6.05. The third-order valence-electron chi connectivity index (χ3n) is 3.15. The summed E-state index contributed by atoms with van der Waals surface area (Å²) in [5.41, 5.74) is 6.31. The largest absolute Gasteiger partial charge is 0.349 e. The van der Waals surface area contributed by atoms with Crippen LogP contribution in [0, 0.1) is 0 Å². The Morgan fingerprint density at radius 1 is 1.53 bits per heavy atom. The molecule has 1 fully saturated rings. The van der Waals surface area contributed by atoms with Gasteiger partial charge in [-0.05, 0) is 24.3 Å². The van der Waals surface area contributed by atoms with Gasteiger partial charge >= 0.3 is 0 Å². The summed E-state index contributed by atoms with van der Waals surface area (Å²) in [6.07, 6.45) is 2.05. The van der Waals surface area contributed by atoms with Crippen molar-refractivity contribution in [2.24, 2.45) is 5.73 Å². The lowest BCUT2D eigenvalue weighted by molar-refractivity contribution is 0.0912. The van der Waals surface area contributed by atoms with E-state index in [1.807, 2.05) is 16.8 Å².